The molecule has 150 valence electrons. The van der Waals surface area contributed by atoms with Crippen LogP contribution in [-0.2, 0) is 0 Å². The topological polar surface area (TPSA) is 76.9 Å². The number of hydrogen-bond acceptors (Lipinski definition) is 4. The third-order valence-electron chi connectivity index (χ3n) is 5.28. The van der Waals surface area contributed by atoms with Crippen LogP contribution in [0.15, 0.2) is 96.4 Å². The molecule has 1 atom stereocenters. The minimum absolute atomic E-state index is 0.0664. The van der Waals surface area contributed by atoms with Crippen molar-refractivity contribution in [1.29, 1.82) is 5.26 Å². The molecular formula is C25H17ClN4O. The summed E-state index contributed by atoms with van der Waals surface area (Å²) in [5, 5.41) is 15.4. The van der Waals surface area contributed by atoms with Crippen LogP contribution in [0.5, 0.6) is 5.88 Å². The number of nitriles is 1. The van der Waals surface area contributed by atoms with Gasteiger partial charge < -0.3 is 10.5 Å². The molecule has 0 amide bonds. The van der Waals surface area contributed by atoms with E-state index in [4.69, 9.17) is 27.2 Å². The van der Waals surface area contributed by atoms with E-state index in [2.05, 4.69) is 6.07 Å². The molecule has 31 heavy (non-hydrogen) atoms. The average molecular weight is 425 g/mol. The summed E-state index contributed by atoms with van der Waals surface area (Å²) in [6.07, 6.45) is 0. The number of allylic oxidation sites excluding steroid dienone is 1. The number of rotatable bonds is 3. The molecule has 5 nitrogen and oxygen atoms in total. The van der Waals surface area contributed by atoms with Crippen LogP contribution in [0.4, 0.5) is 0 Å². The van der Waals surface area contributed by atoms with Crippen LogP contribution in [-0.4, -0.2) is 9.78 Å². The van der Waals surface area contributed by atoms with Crippen LogP contribution in [0.1, 0.15) is 17.0 Å². The Morgan fingerprint density at radius 2 is 1.68 bits per heavy atom. The van der Waals surface area contributed by atoms with E-state index in [9.17, 15) is 5.26 Å². The monoisotopic (exact) mass is 424 g/mol. The average Bonchev–Trinajstić information content (AvgIpc) is 3.18. The highest BCUT2D eigenvalue weighted by Crippen LogP contribution is 2.47. The fraction of sp³-hybridized carbons (Fsp3) is 0.0400. The molecule has 1 aromatic heterocycles. The maximum absolute atomic E-state index is 9.95. The van der Waals surface area contributed by atoms with Crippen LogP contribution >= 0.6 is 11.6 Å². The minimum atomic E-state index is -0.458. The van der Waals surface area contributed by atoms with Gasteiger partial charge in [0, 0.05) is 10.6 Å². The Morgan fingerprint density at radius 1 is 0.968 bits per heavy atom. The molecule has 2 N–H and O–H groups in total. The molecule has 5 rings (SSSR count). The first kappa shape index (κ1) is 19.0. The van der Waals surface area contributed by atoms with Gasteiger partial charge in [0.05, 0.1) is 17.2 Å². The van der Waals surface area contributed by atoms with Crippen molar-refractivity contribution in [3.63, 3.8) is 0 Å². The van der Waals surface area contributed by atoms with Gasteiger partial charge in [0.2, 0.25) is 11.8 Å². The van der Waals surface area contributed by atoms with E-state index in [0.29, 0.717) is 16.5 Å². The Balaban J connectivity index is 1.84. The predicted molar refractivity (Wildman–Crippen MR) is 120 cm³/mol. The van der Waals surface area contributed by atoms with Crippen molar-refractivity contribution in [3.05, 3.63) is 113 Å². The van der Waals surface area contributed by atoms with Crippen molar-refractivity contribution in [1.82, 2.24) is 9.78 Å². The lowest BCUT2D eigenvalue weighted by Gasteiger charge is -2.25. The van der Waals surface area contributed by atoms with Crippen molar-refractivity contribution in [3.8, 4) is 28.9 Å². The summed E-state index contributed by atoms with van der Waals surface area (Å²) in [4.78, 5) is 0. The summed E-state index contributed by atoms with van der Waals surface area (Å²) in [6, 6.07) is 29.2. The van der Waals surface area contributed by atoms with Crippen molar-refractivity contribution in [2.24, 2.45) is 5.73 Å². The maximum Gasteiger partial charge on any atom is 0.229 e. The Hall–Kier alpha value is -4.01. The highest BCUT2D eigenvalue weighted by atomic mass is 35.5. The van der Waals surface area contributed by atoms with E-state index in [0.717, 1.165) is 28.1 Å². The molecule has 0 saturated heterocycles. The van der Waals surface area contributed by atoms with E-state index in [1.807, 2.05) is 78.9 Å². The van der Waals surface area contributed by atoms with E-state index < -0.39 is 5.92 Å². The van der Waals surface area contributed by atoms with E-state index in [-0.39, 0.29) is 5.88 Å². The van der Waals surface area contributed by atoms with Crippen molar-refractivity contribution in [2.45, 2.75) is 5.92 Å². The fourth-order valence-electron chi connectivity index (χ4n) is 3.91. The van der Waals surface area contributed by atoms with Crippen LogP contribution in [0, 0.1) is 11.3 Å². The largest absolute Gasteiger partial charge is 0.422 e. The summed E-state index contributed by atoms with van der Waals surface area (Å²) >= 11 is 6.29. The third kappa shape index (κ3) is 3.24. The molecule has 0 aliphatic carbocycles. The summed E-state index contributed by atoms with van der Waals surface area (Å²) < 4.78 is 7.74. The Kier molecular flexibility index (Phi) is 4.70. The number of hydrogen-bond donors (Lipinski definition) is 1. The van der Waals surface area contributed by atoms with Gasteiger partial charge >= 0.3 is 0 Å². The third-order valence-corrected chi connectivity index (χ3v) is 5.51. The summed E-state index contributed by atoms with van der Waals surface area (Å²) in [5.41, 5.74) is 10.7. The number of halogens is 1. The molecule has 3 aromatic carbocycles. The standard InChI is InChI=1S/C25H17ClN4O/c26-18-11-7-10-17(14-18)21-20(15-27)24(28)31-25-22(21)23(16-8-3-1-4-9-16)29-30(25)19-12-5-2-6-13-19/h1-14,21H,28H2/t21-/m1/s1. The molecular weight excluding hydrogens is 408 g/mol. The lowest BCUT2D eigenvalue weighted by Crippen LogP contribution is -2.22. The highest BCUT2D eigenvalue weighted by molar-refractivity contribution is 6.30. The van der Waals surface area contributed by atoms with Crippen LogP contribution in [0.2, 0.25) is 5.02 Å². The van der Waals surface area contributed by atoms with Gasteiger partial charge in [-0.25, -0.2) is 0 Å². The van der Waals surface area contributed by atoms with Crippen LogP contribution in [0.3, 0.4) is 0 Å². The first-order valence-electron chi connectivity index (χ1n) is 9.74. The number of benzene rings is 3. The lowest BCUT2D eigenvalue weighted by atomic mass is 9.83. The molecule has 1 aliphatic heterocycles. The zero-order valence-corrected chi connectivity index (χ0v) is 17.1. The smallest absolute Gasteiger partial charge is 0.229 e. The predicted octanol–water partition coefficient (Wildman–Crippen LogP) is 5.41. The zero-order chi connectivity index (χ0) is 21.4. The molecule has 6 heteroatoms. The second kappa shape index (κ2) is 7.67. The van der Waals surface area contributed by atoms with E-state index in [1.165, 1.54) is 0 Å². The quantitative estimate of drug-likeness (QED) is 0.477. The van der Waals surface area contributed by atoms with Gasteiger partial charge in [0.15, 0.2) is 0 Å². The van der Waals surface area contributed by atoms with E-state index in [1.54, 1.807) is 10.7 Å². The Labute approximate surface area is 184 Å². The number of ether oxygens (including phenoxy) is 1. The number of aromatic nitrogens is 2. The van der Waals surface area contributed by atoms with Crippen LogP contribution < -0.4 is 10.5 Å². The zero-order valence-electron chi connectivity index (χ0n) is 16.4. The first-order valence-corrected chi connectivity index (χ1v) is 10.1. The number of nitrogens with zero attached hydrogens (tertiary/aromatic N) is 3. The van der Waals surface area contributed by atoms with Gasteiger partial charge in [-0.05, 0) is 29.8 Å². The normalized spacial score (nSPS) is 15.2. The van der Waals surface area contributed by atoms with E-state index >= 15 is 0 Å². The van der Waals surface area contributed by atoms with Gasteiger partial charge in [-0.3, -0.25) is 0 Å². The molecule has 1 aliphatic rings. The second-order valence-electron chi connectivity index (χ2n) is 7.16. The number of nitrogens with two attached hydrogens (primary N) is 1. The minimum Gasteiger partial charge on any atom is -0.422 e. The fourth-order valence-corrected chi connectivity index (χ4v) is 4.11. The molecule has 0 unspecified atom stereocenters. The second-order valence-corrected chi connectivity index (χ2v) is 7.60. The molecule has 0 spiro atoms. The van der Waals surface area contributed by atoms with Crippen LogP contribution in [0.25, 0.3) is 16.9 Å². The van der Waals surface area contributed by atoms with Gasteiger partial charge in [-0.2, -0.15) is 15.0 Å². The number of para-hydroxylation sites is 1. The van der Waals surface area contributed by atoms with Gasteiger partial charge in [-0.15, -0.1) is 0 Å². The first-order chi connectivity index (χ1) is 15.2. The molecule has 4 aromatic rings. The molecule has 0 fully saturated rings. The summed E-state index contributed by atoms with van der Waals surface area (Å²) in [6.45, 7) is 0. The molecule has 2 heterocycles. The molecule has 0 saturated carbocycles. The van der Waals surface area contributed by atoms with Crippen molar-refractivity contribution >= 4 is 11.6 Å². The highest BCUT2D eigenvalue weighted by Gasteiger charge is 2.37. The Morgan fingerprint density at radius 3 is 2.35 bits per heavy atom. The molecule has 0 bridgehead atoms. The van der Waals surface area contributed by atoms with Crippen molar-refractivity contribution < 1.29 is 4.74 Å². The lowest BCUT2D eigenvalue weighted by molar-refractivity contribution is 0.367. The summed E-state index contributed by atoms with van der Waals surface area (Å²) in [7, 11) is 0. The van der Waals surface area contributed by atoms with Crippen molar-refractivity contribution in [2.75, 3.05) is 0 Å². The SMILES string of the molecule is N#CC1=C(N)Oc2c(c(-c3ccccc3)nn2-c2ccccc2)[C@@H]1c1cccc(Cl)c1. The Bertz CT molecular complexity index is 1340. The van der Waals surface area contributed by atoms with Gasteiger partial charge in [0.1, 0.15) is 17.3 Å². The van der Waals surface area contributed by atoms with Gasteiger partial charge in [-0.1, -0.05) is 72.3 Å². The summed E-state index contributed by atoms with van der Waals surface area (Å²) in [5.74, 6) is 0.100. The molecule has 0 radical (unpaired) electrons. The maximum atomic E-state index is 9.95. The number of fused-ring (bicyclic) bond motifs is 1. The van der Waals surface area contributed by atoms with Gasteiger partial charge in [0.25, 0.3) is 0 Å².